The van der Waals surface area contributed by atoms with Gasteiger partial charge in [-0.2, -0.15) is 0 Å². The summed E-state index contributed by atoms with van der Waals surface area (Å²) in [5.74, 6) is -1.49. The van der Waals surface area contributed by atoms with E-state index in [1.165, 1.54) is 24.3 Å². The Morgan fingerprint density at radius 1 is 1.07 bits per heavy atom. The summed E-state index contributed by atoms with van der Waals surface area (Å²) >= 11 is 0. The van der Waals surface area contributed by atoms with Crippen molar-refractivity contribution in [1.29, 1.82) is 0 Å². The molecule has 5 N–H and O–H groups in total. The Bertz CT molecular complexity index is 1020. The first-order chi connectivity index (χ1) is 12.7. The lowest BCUT2D eigenvalue weighted by Gasteiger charge is -2.14. The average Bonchev–Trinajstić information content (AvgIpc) is 2.71. The highest BCUT2D eigenvalue weighted by Gasteiger charge is 2.29. The number of primary sulfonamides is 1. The van der Waals surface area contributed by atoms with E-state index < -0.39 is 33.8 Å². The summed E-state index contributed by atoms with van der Waals surface area (Å²) in [5.41, 5.74) is 1.02. The summed E-state index contributed by atoms with van der Waals surface area (Å²) in [6.07, 6.45) is -0.289. The molecule has 0 aromatic heterocycles. The third-order valence-corrected chi connectivity index (χ3v) is 4.84. The highest BCUT2D eigenvalue weighted by Crippen LogP contribution is 2.19. The largest absolute Gasteiger partial charge is 0.340 e. The zero-order chi connectivity index (χ0) is 19.6. The number of anilines is 2. The Balaban J connectivity index is 1.67. The van der Waals surface area contributed by atoms with Crippen LogP contribution < -0.4 is 21.1 Å². The third kappa shape index (κ3) is 4.30. The number of carbonyl (C=O) groups is 3. The van der Waals surface area contributed by atoms with Gasteiger partial charge in [0.15, 0.2) is 0 Å². The zero-order valence-corrected chi connectivity index (χ0v) is 14.7. The number of amides is 3. The van der Waals surface area contributed by atoms with Crippen molar-refractivity contribution in [3.05, 3.63) is 54.1 Å². The Hall–Kier alpha value is -3.24. The lowest BCUT2D eigenvalue weighted by molar-refractivity contribution is -0.122. The van der Waals surface area contributed by atoms with Gasteiger partial charge in [-0.15, -0.1) is 0 Å². The molecule has 1 aliphatic rings. The highest BCUT2D eigenvalue weighted by atomic mass is 32.2. The molecule has 10 heteroatoms. The zero-order valence-electron chi connectivity index (χ0n) is 13.9. The van der Waals surface area contributed by atoms with E-state index in [1.807, 2.05) is 0 Å². The van der Waals surface area contributed by atoms with Crippen LogP contribution in [0.3, 0.4) is 0 Å². The molecular formula is C17H16N4O5S. The number of fused-ring (bicyclic) bond motifs is 1. The molecule has 27 heavy (non-hydrogen) atoms. The number of nitrogens with two attached hydrogens (primary N) is 1. The van der Waals surface area contributed by atoms with Crippen LogP contribution in [-0.2, 0) is 19.6 Å². The number of sulfonamides is 1. The van der Waals surface area contributed by atoms with Crippen LogP contribution in [0.15, 0.2) is 53.4 Å². The van der Waals surface area contributed by atoms with E-state index >= 15 is 0 Å². The first kappa shape index (κ1) is 18.5. The van der Waals surface area contributed by atoms with Gasteiger partial charge in [0, 0.05) is 5.69 Å². The molecule has 0 aliphatic carbocycles. The fourth-order valence-corrected chi connectivity index (χ4v) is 3.10. The minimum Gasteiger partial charge on any atom is -0.340 e. The molecule has 0 spiro atoms. The molecule has 1 atom stereocenters. The summed E-state index contributed by atoms with van der Waals surface area (Å²) < 4.78 is 22.5. The van der Waals surface area contributed by atoms with Gasteiger partial charge in [-0.25, -0.2) is 13.6 Å². The average molecular weight is 388 g/mol. The molecule has 0 saturated heterocycles. The highest BCUT2D eigenvalue weighted by molar-refractivity contribution is 7.89. The van der Waals surface area contributed by atoms with Crippen LogP contribution in [0.1, 0.15) is 16.8 Å². The molecule has 1 unspecified atom stereocenters. The predicted molar refractivity (Wildman–Crippen MR) is 97.4 cm³/mol. The van der Waals surface area contributed by atoms with Crippen molar-refractivity contribution < 1.29 is 22.8 Å². The molecule has 0 bridgehead atoms. The molecule has 1 heterocycles. The van der Waals surface area contributed by atoms with Crippen LogP contribution in [0, 0.1) is 0 Å². The third-order valence-electron chi connectivity index (χ3n) is 3.91. The smallest absolute Gasteiger partial charge is 0.254 e. The molecule has 2 aromatic rings. The topological polar surface area (TPSA) is 147 Å². The van der Waals surface area contributed by atoms with Gasteiger partial charge in [0.1, 0.15) is 6.04 Å². The van der Waals surface area contributed by atoms with Gasteiger partial charge in [-0.3, -0.25) is 14.4 Å². The maximum absolute atomic E-state index is 12.3. The maximum Gasteiger partial charge on any atom is 0.254 e. The van der Waals surface area contributed by atoms with Crippen molar-refractivity contribution >= 4 is 39.1 Å². The molecule has 0 radical (unpaired) electrons. The van der Waals surface area contributed by atoms with E-state index in [2.05, 4.69) is 16.0 Å². The molecule has 9 nitrogen and oxygen atoms in total. The number of nitrogens with one attached hydrogen (secondary N) is 3. The SMILES string of the molecule is NS(=O)(=O)c1ccc(NC(=O)CC2NC(=O)c3ccccc3NC2=O)cc1. The van der Waals surface area contributed by atoms with Gasteiger partial charge in [0.05, 0.1) is 22.6 Å². The van der Waals surface area contributed by atoms with Crippen molar-refractivity contribution in [2.45, 2.75) is 17.4 Å². The standard InChI is InChI=1S/C17H16N4O5S/c18-27(25,26)11-7-5-10(6-8-11)19-15(22)9-14-17(24)20-13-4-2-1-3-12(13)16(23)21-14/h1-8,14H,9H2,(H,19,22)(H,20,24)(H,21,23)(H2,18,25,26). The first-order valence-corrected chi connectivity index (χ1v) is 9.42. The molecule has 0 fully saturated rings. The van der Waals surface area contributed by atoms with Crippen LogP contribution in [0.4, 0.5) is 11.4 Å². The van der Waals surface area contributed by atoms with Crippen LogP contribution in [0.2, 0.25) is 0 Å². The lowest BCUT2D eigenvalue weighted by atomic mass is 10.1. The molecule has 3 rings (SSSR count). The Morgan fingerprint density at radius 2 is 1.74 bits per heavy atom. The van der Waals surface area contributed by atoms with Gasteiger partial charge in [0.25, 0.3) is 5.91 Å². The second kappa shape index (κ2) is 7.17. The van der Waals surface area contributed by atoms with Gasteiger partial charge in [-0.05, 0) is 36.4 Å². The minimum absolute atomic E-state index is 0.0892. The second-order valence-electron chi connectivity index (χ2n) is 5.88. The number of para-hydroxylation sites is 1. The van der Waals surface area contributed by atoms with Crippen molar-refractivity contribution in [2.24, 2.45) is 5.14 Å². The van der Waals surface area contributed by atoms with E-state index in [1.54, 1.807) is 24.3 Å². The molecule has 2 aromatic carbocycles. The van der Waals surface area contributed by atoms with Crippen molar-refractivity contribution in [3.8, 4) is 0 Å². The van der Waals surface area contributed by atoms with E-state index in [-0.39, 0.29) is 11.3 Å². The summed E-state index contributed by atoms with van der Waals surface area (Å²) in [6.45, 7) is 0. The van der Waals surface area contributed by atoms with E-state index in [0.29, 0.717) is 16.9 Å². The fraction of sp³-hybridized carbons (Fsp3) is 0.118. The van der Waals surface area contributed by atoms with Crippen LogP contribution in [-0.4, -0.2) is 32.2 Å². The number of carbonyl (C=O) groups excluding carboxylic acids is 3. The summed E-state index contributed by atoms with van der Waals surface area (Å²) in [5, 5.41) is 12.7. The van der Waals surface area contributed by atoms with Gasteiger partial charge >= 0.3 is 0 Å². The first-order valence-electron chi connectivity index (χ1n) is 7.87. The molecule has 0 saturated carbocycles. The lowest BCUT2D eigenvalue weighted by Crippen LogP contribution is -2.43. The van der Waals surface area contributed by atoms with E-state index in [4.69, 9.17) is 5.14 Å². The Kier molecular flexibility index (Phi) is 4.93. The molecule has 140 valence electrons. The van der Waals surface area contributed by atoms with Crippen LogP contribution >= 0.6 is 0 Å². The van der Waals surface area contributed by atoms with E-state index in [0.717, 1.165) is 0 Å². The molecule has 1 aliphatic heterocycles. The quantitative estimate of drug-likeness (QED) is 0.599. The number of hydrogen-bond donors (Lipinski definition) is 4. The fourth-order valence-electron chi connectivity index (χ4n) is 2.58. The summed E-state index contributed by atoms with van der Waals surface area (Å²) in [4.78, 5) is 36.6. The summed E-state index contributed by atoms with van der Waals surface area (Å²) in [7, 11) is -3.83. The molecule has 3 amide bonds. The normalized spacial score (nSPS) is 16.6. The van der Waals surface area contributed by atoms with E-state index in [9.17, 15) is 22.8 Å². The van der Waals surface area contributed by atoms with Crippen LogP contribution in [0.25, 0.3) is 0 Å². The van der Waals surface area contributed by atoms with Crippen molar-refractivity contribution in [3.63, 3.8) is 0 Å². The van der Waals surface area contributed by atoms with Gasteiger partial charge in [0.2, 0.25) is 21.8 Å². The van der Waals surface area contributed by atoms with Crippen molar-refractivity contribution in [1.82, 2.24) is 5.32 Å². The minimum atomic E-state index is -3.83. The van der Waals surface area contributed by atoms with Crippen LogP contribution in [0.5, 0.6) is 0 Å². The summed E-state index contributed by atoms with van der Waals surface area (Å²) in [6, 6.07) is 10.7. The van der Waals surface area contributed by atoms with Crippen molar-refractivity contribution in [2.75, 3.05) is 10.6 Å². The molecular weight excluding hydrogens is 372 g/mol. The predicted octanol–water partition coefficient (Wildman–Crippen LogP) is 0.413. The second-order valence-corrected chi connectivity index (χ2v) is 7.44. The Morgan fingerprint density at radius 3 is 2.41 bits per heavy atom. The number of rotatable bonds is 4. The van der Waals surface area contributed by atoms with Gasteiger partial charge < -0.3 is 16.0 Å². The monoisotopic (exact) mass is 388 g/mol. The maximum atomic E-state index is 12.3. The Labute approximate surface area is 155 Å². The number of hydrogen-bond acceptors (Lipinski definition) is 5. The number of benzene rings is 2. The van der Waals surface area contributed by atoms with Gasteiger partial charge in [-0.1, -0.05) is 12.1 Å².